The van der Waals surface area contributed by atoms with Gasteiger partial charge in [-0.3, -0.25) is 4.79 Å². The van der Waals surface area contributed by atoms with Crippen LogP contribution in [0.1, 0.15) is 21.5 Å². The Bertz CT molecular complexity index is 1090. The second kappa shape index (κ2) is 8.71. The van der Waals surface area contributed by atoms with Crippen molar-refractivity contribution >= 4 is 21.7 Å². The van der Waals surface area contributed by atoms with E-state index in [2.05, 4.69) is 0 Å². The molecule has 3 rings (SSSR count). The fraction of sp³-hybridized carbons (Fsp3) is 0.190. The molecule has 7 nitrogen and oxygen atoms in total. The van der Waals surface area contributed by atoms with Crippen LogP contribution in [0.3, 0.4) is 0 Å². The minimum atomic E-state index is -3.36. The minimum Gasteiger partial charge on any atom is -0.452 e. The topological polar surface area (TPSA) is 105 Å². The molecule has 0 spiro atoms. The Hall–Kier alpha value is -3.44. The molecule has 2 aromatic rings. The molecule has 0 N–H and O–H groups in total. The van der Waals surface area contributed by atoms with Crippen molar-refractivity contribution in [1.29, 1.82) is 5.26 Å². The standard InChI is InChI=1S/C21H18N2O5S/c22-12-17-7-4-8-18(11-17)21(25)28-14-20(24)23(13-16-5-2-1-3-6-16)19-9-10-29(26,27)15-19/h1-11,19H,13-15H2/t19-/m1/s1. The molecule has 1 amide bonds. The first-order valence-corrected chi connectivity index (χ1v) is 10.5. The quantitative estimate of drug-likeness (QED) is 0.675. The van der Waals surface area contributed by atoms with Gasteiger partial charge in [-0.2, -0.15) is 5.26 Å². The first-order chi connectivity index (χ1) is 13.9. The molecule has 29 heavy (non-hydrogen) atoms. The summed E-state index contributed by atoms with van der Waals surface area (Å²) in [6, 6.07) is 16.4. The van der Waals surface area contributed by atoms with Gasteiger partial charge in [-0.05, 0) is 29.8 Å². The zero-order valence-electron chi connectivity index (χ0n) is 15.4. The van der Waals surface area contributed by atoms with E-state index in [1.165, 1.54) is 23.1 Å². The summed E-state index contributed by atoms with van der Waals surface area (Å²) in [5.74, 6) is -1.45. The summed E-state index contributed by atoms with van der Waals surface area (Å²) >= 11 is 0. The Balaban J connectivity index is 1.71. The van der Waals surface area contributed by atoms with E-state index in [0.717, 1.165) is 11.0 Å². The van der Waals surface area contributed by atoms with Crippen LogP contribution < -0.4 is 0 Å². The smallest absolute Gasteiger partial charge is 0.338 e. The van der Waals surface area contributed by atoms with Crippen LogP contribution in [0.4, 0.5) is 0 Å². The number of nitrogens with zero attached hydrogens (tertiary/aromatic N) is 2. The van der Waals surface area contributed by atoms with Gasteiger partial charge in [0.05, 0.1) is 29.0 Å². The van der Waals surface area contributed by atoms with Gasteiger partial charge in [0.25, 0.3) is 5.91 Å². The van der Waals surface area contributed by atoms with Crippen LogP contribution >= 0.6 is 0 Å². The summed E-state index contributed by atoms with van der Waals surface area (Å²) in [4.78, 5) is 26.4. The lowest BCUT2D eigenvalue weighted by Crippen LogP contribution is -2.42. The molecule has 1 heterocycles. The van der Waals surface area contributed by atoms with Gasteiger partial charge in [-0.25, -0.2) is 13.2 Å². The predicted molar refractivity (Wildman–Crippen MR) is 105 cm³/mol. The third kappa shape index (κ3) is 5.30. The van der Waals surface area contributed by atoms with Gasteiger partial charge in [0, 0.05) is 12.0 Å². The van der Waals surface area contributed by atoms with Crippen molar-refractivity contribution in [1.82, 2.24) is 4.90 Å². The fourth-order valence-electron chi connectivity index (χ4n) is 2.93. The van der Waals surface area contributed by atoms with Gasteiger partial charge in [-0.15, -0.1) is 0 Å². The summed E-state index contributed by atoms with van der Waals surface area (Å²) < 4.78 is 28.7. The van der Waals surface area contributed by atoms with E-state index in [0.29, 0.717) is 5.56 Å². The maximum Gasteiger partial charge on any atom is 0.338 e. The molecule has 148 valence electrons. The fourth-order valence-corrected chi connectivity index (χ4v) is 4.23. The number of esters is 1. The van der Waals surface area contributed by atoms with Gasteiger partial charge in [-0.1, -0.05) is 36.4 Å². The van der Waals surface area contributed by atoms with Crippen LogP contribution in [0.2, 0.25) is 0 Å². The zero-order valence-corrected chi connectivity index (χ0v) is 16.2. The van der Waals surface area contributed by atoms with Crippen molar-refractivity contribution in [3.63, 3.8) is 0 Å². The number of nitriles is 1. The molecule has 0 unspecified atom stereocenters. The normalized spacial score (nSPS) is 16.7. The number of sulfone groups is 1. The number of rotatable bonds is 6. The Kier molecular flexibility index (Phi) is 6.10. The third-order valence-electron chi connectivity index (χ3n) is 4.38. The van der Waals surface area contributed by atoms with Crippen molar-refractivity contribution in [2.75, 3.05) is 12.4 Å². The lowest BCUT2D eigenvalue weighted by Gasteiger charge is -2.27. The Labute approximate surface area is 168 Å². The summed E-state index contributed by atoms with van der Waals surface area (Å²) in [6.45, 7) is -0.349. The molecule has 2 aromatic carbocycles. The van der Waals surface area contributed by atoms with Crippen LogP contribution in [0.25, 0.3) is 0 Å². The lowest BCUT2D eigenvalue weighted by atomic mass is 10.1. The van der Waals surface area contributed by atoms with Gasteiger partial charge in [0.15, 0.2) is 16.4 Å². The molecule has 0 bridgehead atoms. The summed E-state index contributed by atoms with van der Waals surface area (Å²) in [5.41, 5.74) is 1.29. The average molecular weight is 410 g/mol. The second-order valence-electron chi connectivity index (χ2n) is 6.50. The maximum absolute atomic E-state index is 12.8. The van der Waals surface area contributed by atoms with E-state index in [4.69, 9.17) is 10.00 Å². The Morgan fingerprint density at radius 1 is 1.14 bits per heavy atom. The highest BCUT2D eigenvalue weighted by molar-refractivity contribution is 7.94. The number of ether oxygens (including phenoxy) is 1. The molecule has 0 fully saturated rings. The highest BCUT2D eigenvalue weighted by atomic mass is 32.2. The Morgan fingerprint density at radius 2 is 1.90 bits per heavy atom. The molecule has 1 aliphatic rings. The van der Waals surface area contributed by atoms with Crippen LogP contribution in [0.5, 0.6) is 0 Å². The van der Waals surface area contributed by atoms with Gasteiger partial charge < -0.3 is 9.64 Å². The molecule has 0 radical (unpaired) electrons. The Morgan fingerprint density at radius 3 is 2.55 bits per heavy atom. The van der Waals surface area contributed by atoms with Crippen molar-refractivity contribution in [2.24, 2.45) is 0 Å². The van der Waals surface area contributed by atoms with Crippen LogP contribution in [0, 0.1) is 11.3 Å². The minimum absolute atomic E-state index is 0.162. The second-order valence-corrected chi connectivity index (χ2v) is 8.43. The first-order valence-electron chi connectivity index (χ1n) is 8.79. The number of carbonyl (C=O) groups excluding carboxylic acids is 2. The van der Waals surface area contributed by atoms with Crippen molar-refractivity contribution < 1.29 is 22.7 Å². The van der Waals surface area contributed by atoms with Crippen LogP contribution in [-0.4, -0.2) is 43.6 Å². The summed E-state index contributed by atoms with van der Waals surface area (Å²) in [6.07, 6.45) is 1.47. The molecular weight excluding hydrogens is 392 g/mol. The van der Waals surface area contributed by atoms with E-state index in [1.54, 1.807) is 12.1 Å². The van der Waals surface area contributed by atoms with Crippen molar-refractivity contribution in [3.8, 4) is 6.07 Å². The molecule has 8 heteroatoms. The monoisotopic (exact) mass is 410 g/mol. The van der Waals surface area contributed by atoms with E-state index >= 15 is 0 Å². The maximum atomic E-state index is 12.8. The number of hydrogen-bond acceptors (Lipinski definition) is 6. The highest BCUT2D eigenvalue weighted by Gasteiger charge is 2.30. The van der Waals surface area contributed by atoms with Gasteiger partial charge in [0.2, 0.25) is 0 Å². The number of benzene rings is 2. The number of carbonyl (C=O) groups is 2. The van der Waals surface area contributed by atoms with Crippen molar-refractivity contribution in [2.45, 2.75) is 12.6 Å². The van der Waals surface area contributed by atoms with Gasteiger partial charge in [0.1, 0.15) is 0 Å². The van der Waals surface area contributed by atoms with E-state index < -0.39 is 34.4 Å². The van der Waals surface area contributed by atoms with Gasteiger partial charge >= 0.3 is 5.97 Å². The zero-order chi connectivity index (χ0) is 20.9. The number of hydrogen-bond donors (Lipinski definition) is 0. The average Bonchev–Trinajstić information content (AvgIpc) is 3.10. The molecule has 1 aliphatic heterocycles. The summed E-state index contributed by atoms with van der Waals surface area (Å²) in [5, 5.41) is 10.0. The third-order valence-corrected chi connectivity index (χ3v) is 5.76. The molecule has 0 saturated carbocycles. The molecule has 1 atom stereocenters. The van der Waals surface area contributed by atoms with Crippen LogP contribution in [0.15, 0.2) is 66.1 Å². The van der Waals surface area contributed by atoms with E-state index in [1.807, 2.05) is 36.4 Å². The molecule has 0 aliphatic carbocycles. The lowest BCUT2D eigenvalue weighted by molar-refractivity contribution is -0.136. The highest BCUT2D eigenvalue weighted by Crippen LogP contribution is 2.18. The predicted octanol–water partition coefficient (Wildman–Crippen LogP) is 2.05. The van der Waals surface area contributed by atoms with Crippen LogP contribution in [-0.2, 0) is 25.9 Å². The molecule has 0 saturated heterocycles. The van der Waals surface area contributed by atoms with E-state index in [9.17, 15) is 18.0 Å². The van der Waals surface area contributed by atoms with E-state index in [-0.39, 0.29) is 17.9 Å². The molecular formula is C21H18N2O5S. The first kappa shape index (κ1) is 20.3. The van der Waals surface area contributed by atoms with Crippen molar-refractivity contribution in [3.05, 3.63) is 82.8 Å². The SMILES string of the molecule is N#Cc1cccc(C(=O)OCC(=O)N(Cc2ccccc2)[C@@H]2C=CS(=O)(=O)C2)c1. The largest absolute Gasteiger partial charge is 0.452 e. The number of amides is 1. The molecule has 0 aromatic heterocycles. The summed E-state index contributed by atoms with van der Waals surface area (Å²) in [7, 11) is -3.36.